The first-order valence-electron chi connectivity index (χ1n) is 14.9. The van der Waals surface area contributed by atoms with E-state index in [1.807, 2.05) is 24.3 Å². The summed E-state index contributed by atoms with van der Waals surface area (Å²) in [5, 5.41) is 3.49. The third kappa shape index (κ3) is 10.9. The van der Waals surface area contributed by atoms with Crippen molar-refractivity contribution in [2.24, 2.45) is 5.41 Å². The molecule has 0 fully saturated rings. The van der Waals surface area contributed by atoms with E-state index in [1.165, 1.54) is 12.1 Å². The molecule has 1 atom stereocenters. The van der Waals surface area contributed by atoms with Crippen molar-refractivity contribution in [3.8, 4) is 16.9 Å². The van der Waals surface area contributed by atoms with Gasteiger partial charge in [0, 0.05) is 28.8 Å². The van der Waals surface area contributed by atoms with Gasteiger partial charge in [-0.25, -0.2) is 4.39 Å². The van der Waals surface area contributed by atoms with E-state index < -0.39 is 27.6 Å². The van der Waals surface area contributed by atoms with Crippen LogP contribution in [-0.2, 0) is 21.3 Å². The third-order valence-electron chi connectivity index (χ3n) is 7.25. The fraction of sp³-hybridized carbons (Fsp3) is 0.278. The van der Waals surface area contributed by atoms with Crippen molar-refractivity contribution < 1.29 is 31.7 Å². The number of amides is 1. The van der Waals surface area contributed by atoms with E-state index in [0.29, 0.717) is 46.2 Å². The number of ether oxygens (including phenoxy) is 1. The number of benzene rings is 4. The highest BCUT2D eigenvalue weighted by atomic mass is 35.5. The summed E-state index contributed by atoms with van der Waals surface area (Å²) in [5.74, 6) is -1.43. The Morgan fingerprint density at radius 2 is 1.51 bits per heavy atom. The number of hydrogen-bond acceptors (Lipinski definition) is 5. The van der Waals surface area contributed by atoms with Gasteiger partial charge >= 0.3 is 0 Å². The predicted molar refractivity (Wildman–Crippen MR) is 185 cm³/mol. The summed E-state index contributed by atoms with van der Waals surface area (Å²) in [6, 6.07) is 23.2. The molecule has 4 aromatic rings. The van der Waals surface area contributed by atoms with Gasteiger partial charge in [0.15, 0.2) is 5.78 Å². The fourth-order valence-corrected chi connectivity index (χ4v) is 5.89. The fourth-order valence-electron chi connectivity index (χ4n) is 4.83. The first kappa shape index (κ1) is 36.1. The van der Waals surface area contributed by atoms with Crippen molar-refractivity contribution in [3.05, 3.63) is 117 Å². The summed E-state index contributed by atoms with van der Waals surface area (Å²) >= 11 is 12.8. The predicted octanol–water partition coefficient (Wildman–Crippen LogP) is 9.04. The Morgan fingerprint density at radius 3 is 2.09 bits per heavy atom. The molecule has 0 aliphatic heterocycles. The Labute approximate surface area is 284 Å². The lowest BCUT2D eigenvalue weighted by molar-refractivity contribution is -0.117. The van der Waals surface area contributed by atoms with Gasteiger partial charge in [-0.3, -0.25) is 14.1 Å². The van der Waals surface area contributed by atoms with Gasteiger partial charge in [0.1, 0.15) is 11.6 Å². The molecule has 11 heteroatoms. The van der Waals surface area contributed by atoms with Gasteiger partial charge in [-0.05, 0) is 71.8 Å². The Bertz CT molecular complexity index is 1840. The molecule has 0 aliphatic carbocycles. The molecule has 0 saturated heterocycles. The van der Waals surface area contributed by atoms with Gasteiger partial charge in [-0.1, -0.05) is 86.4 Å². The molecule has 0 radical (unpaired) electrons. The molecule has 1 unspecified atom stereocenters. The van der Waals surface area contributed by atoms with Crippen LogP contribution >= 0.6 is 23.2 Å². The smallest absolute Gasteiger partial charge is 0.264 e. The first-order chi connectivity index (χ1) is 22.1. The summed E-state index contributed by atoms with van der Waals surface area (Å²) in [5.41, 5.74) is 3.53. The molecule has 248 valence electrons. The zero-order valence-corrected chi connectivity index (χ0v) is 28.6. The van der Waals surface area contributed by atoms with Crippen LogP contribution in [0.5, 0.6) is 5.75 Å². The number of Topliss-reactive ketones (excluding diaryl/α,β-unsaturated/α-hetero) is 1. The van der Waals surface area contributed by atoms with Crippen LogP contribution in [0.2, 0.25) is 10.0 Å². The molecule has 4 rings (SSSR count). The summed E-state index contributed by atoms with van der Waals surface area (Å²) < 4.78 is 50.3. The Hall–Kier alpha value is -3.76. The highest BCUT2D eigenvalue weighted by Gasteiger charge is 2.23. The summed E-state index contributed by atoms with van der Waals surface area (Å²) in [6.07, 6.45) is 0.295. The quantitative estimate of drug-likeness (QED) is 0.106. The number of halogens is 3. The maximum atomic E-state index is 13.8. The Morgan fingerprint density at radius 1 is 0.894 bits per heavy atom. The molecular weight excluding hydrogens is 664 g/mol. The topological polar surface area (TPSA) is 110 Å². The maximum absolute atomic E-state index is 13.8. The van der Waals surface area contributed by atoms with Crippen LogP contribution in [0.3, 0.4) is 0 Å². The molecule has 1 amide bonds. The van der Waals surface area contributed by atoms with Crippen molar-refractivity contribution in [1.82, 2.24) is 0 Å². The van der Waals surface area contributed by atoms with Crippen molar-refractivity contribution in [3.63, 3.8) is 0 Å². The molecule has 0 saturated carbocycles. The molecule has 47 heavy (non-hydrogen) atoms. The lowest BCUT2D eigenvalue weighted by Gasteiger charge is -2.20. The van der Waals surface area contributed by atoms with Gasteiger partial charge < -0.3 is 10.1 Å². The van der Waals surface area contributed by atoms with Gasteiger partial charge in [0.25, 0.3) is 10.1 Å². The molecule has 0 heterocycles. The molecule has 2 N–H and O–H groups in total. The number of carbonyl (C=O) groups is 2. The SMILES string of the molecule is CC(C)(C)COc1ccc(C(Cc2ccc(C(=O)CCCS(=O)(=O)O)cc2)C(=O)Nc2ccc(-c3ccc(F)cc3Cl)c(Cl)c2)cc1. The highest BCUT2D eigenvalue weighted by molar-refractivity contribution is 7.85. The minimum Gasteiger partial charge on any atom is -0.493 e. The number of rotatable bonds is 13. The lowest BCUT2D eigenvalue weighted by atomic mass is 9.90. The summed E-state index contributed by atoms with van der Waals surface area (Å²) in [4.78, 5) is 26.4. The van der Waals surface area contributed by atoms with E-state index in [9.17, 15) is 22.4 Å². The van der Waals surface area contributed by atoms with Gasteiger partial charge in [0.05, 0.1) is 28.3 Å². The molecule has 0 aliphatic rings. The molecular formula is C36H36Cl2FNO6S. The minimum atomic E-state index is -4.14. The third-order valence-corrected chi connectivity index (χ3v) is 8.68. The van der Waals surface area contributed by atoms with Crippen LogP contribution in [-0.4, -0.2) is 37.0 Å². The van der Waals surface area contributed by atoms with Crippen LogP contribution in [0.1, 0.15) is 61.0 Å². The van der Waals surface area contributed by atoms with E-state index in [2.05, 4.69) is 26.1 Å². The van der Waals surface area contributed by atoms with Crippen LogP contribution in [0.4, 0.5) is 10.1 Å². The number of nitrogens with one attached hydrogen (secondary N) is 1. The molecule has 0 spiro atoms. The molecule has 7 nitrogen and oxygen atoms in total. The standard InChI is InChI=1S/C36H36Cl2FNO6S/c1-36(2,3)22-46-28-14-10-24(11-15-28)31(19-23-6-8-25(9-7-23)34(41)5-4-18-47(43,44)45)35(42)40-27-13-17-30(33(38)21-27)29-16-12-26(39)20-32(29)37/h6-17,20-21,31H,4-5,18-19,22H2,1-3H3,(H,40,42)(H,43,44,45). The van der Waals surface area contributed by atoms with E-state index in [4.69, 9.17) is 32.5 Å². The Balaban J connectivity index is 1.55. The average Bonchev–Trinajstić information content (AvgIpc) is 2.99. The highest BCUT2D eigenvalue weighted by Crippen LogP contribution is 2.36. The van der Waals surface area contributed by atoms with Gasteiger partial charge in [-0.2, -0.15) is 8.42 Å². The maximum Gasteiger partial charge on any atom is 0.264 e. The minimum absolute atomic E-state index is 0.0130. The van der Waals surface area contributed by atoms with Crippen molar-refractivity contribution in [1.29, 1.82) is 0 Å². The molecule has 0 aromatic heterocycles. The number of hydrogen-bond donors (Lipinski definition) is 2. The van der Waals surface area contributed by atoms with Crippen LogP contribution < -0.4 is 10.1 Å². The average molecular weight is 701 g/mol. The summed E-state index contributed by atoms with van der Waals surface area (Å²) in [6.45, 7) is 6.75. The van der Waals surface area contributed by atoms with Gasteiger partial charge in [-0.15, -0.1) is 0 Å². The monoisotopic (exact) mass is 699 g/mol. The zero-order chi connectivity index (χ0) is 34.4. The van der Waals surface area contributed by atoms with E-state index >= 15 is 0 Å². The van der Waals surface area contributed by atoms with E-state index in [-0.39, 0.29) is 35.0 Å². The largest absolute Gasteiger partial charge is 0.493 e. The number of ketones is 1. The second-order valence-electron chi connectivity index (χ2n) is 12.5. The van der Waals surface area contributed by atoms with Crippen molar-refractivity contribution >= 4 is 50.7 Å². The number of anilines is 1. The second kappa shape index (κ2) is 15.4. The zero-order valence-electron chi connectivity index (χ0n) is 26.2. The second-order valence-corrected chi connectivity index (χ2v) is 14.9. The molecule has 0 bridgehead atoms. The van der Waals surface area contributed by atoms with Crippen LogP contribution in [0, 0.1) is 11.2 Å². The van der Waals surface area contributed by atoms with Crippen LogP contribution in [0.25, 0.3) is 11.1 Å². The van der Waals surface area contributed by atoms with Crippen molar-refractivity contribution in [2.75, 3.05) is 17.7 Å². The number of carbonyl (C=O) groups excluding carboxylic acids is 2. The Kier molecular flexibility index (Phi) is 11.8. The van der Waals surface area contributed by atoms with E-state index in [1.54, 1.807) is 48.5 Å². The summed E-state index contributed by atoms with van der Waals surface area (Å²) in [7, 11) is -4.14. The normalized spacial score (nSPS) is 12.4. The lowest BCUT2D eigenvalue weighted by Crippen LogP contribution is -2.23. The van der Waals surface area contributed by atoms with Gasteiger partial charge in [0.2, 0.25) is 5.91 Å². The molecule has 4 aromatic carbocycles. The van der Waals surface area contributed by atoms with Crippen LogP contribution in [0.15, 0.2) is 84.9 Å². The van der Waals surface area contributed by atoms with Crippen molar-refractivity contribution in [2.45, 2.75) is 46.0 Å². The first-order valence-corrected chi connectivity index (χ1v) is 17.3. The van der Waals surface area contributed by atoms with E-state index in [0.717, 1.165) is 11.1 Å².